The lowest BCUT2D eigenvalue weighted by atomic mass is 9.99. The fraction of sp³-hybridized carbons (Fsp3) is 0.250. The van der Waals surface area contributed by atoms with E-state index in [9.17, 15) is 9.18 Å². The van der Waals surface area contributed by atoms with Gasteiger partial charge in [-0.1, -0.05) is 11.6 Å². The van der Waals surface area contributed by atoms with Gasteiger partial charge in [-0.2, -0.15) is 0 Å². The van der Waals surface area contributed by atoms with E-state index in [1.807, 2.05) is 25.1 Å². The Labute approximate surface area is 160 Å². The zero-order chi connectivity index (χ0) is 19.1. The number of fused-ring (bicyclic) bond motifs is 1. The monoisotopic (exact) mass is 385 g/mol. The Hall–Kier alpha value is -2.73. The van der Waals surface area contributed by atoms with E-state index in [2.05, 4.69) is 15.3 Å². The number of benzene rings is 1. The van der Waals surface area contributed by atoms with E-state index in [-0.39, 0.29) is 12.3 Å². The molecule has 2 heterocycles. The Bertz CT molecular complexity index is 1060. The molecule has 2 unspecified atom stereocenters. The van der Waals surface area contributed by atoms with E-state index in [4.69, 9.17) is 16.3 Å². The first-order valence-electron chi connectivity index (χ1n) is 8.52. The van der Waals surface area contributed by atoms with Gasteiger partial charge in [0, 0.05) is 23.3 Å². The first kappa shape index (κ1) is 17.7. The number of ether oxygens (including phenoxy) is 1. The predicted molar refractivity (Wildman–Crippen MR) is 103 cm³/mol. The maximum absolute atomic E-state index is 13.1. The number of nitrogens with one attached hydrogen (secondary N) is 1. The summed E-state index contributed by atoms with van der Waals surface area (Å²) < 4.78 is 18.5. The normalized spacial score (nSPS) is 18.4. The highest BCUT2D eigenvalue weighted by atomic mass is 35.5. The van der Waals surface area contributed by atoms with Gasteiger partial charge in [0.15, 0.2) is 0 Å². The summed E-state index contributed by atoms with van der Waals surface area (Å²) in [7, 11) is 1.57. The third-order valence-corrected chi connectivity index (χ3v) is 5.01. The lowest BCUT2D eigenvalue weighted by Gasteiger charge is -2.13. The first-order valence-corrected chi connectivity index (χ1v) is 8.90. The summed E-state index contributed by atoms with van der Waals surface area (Å²) in [5, 5.41) is 4.76. The number of amides is 1. The standard InChI is InChI=1S/C20H17ClFN3O2/c1-10-3-4-23-20(27-2)18(10)12-5-11-7-17(24-9-14(11)15(21)6-12)25-19(26)13-8-16(13)22/h3-7,9,13,16H,8H2,1-2H3,(H,24,25,26). The van der Waals surface area contributed by atoms with Crippen LogP contribution in [-0.4, -0.2) is 29.2 Å². The number of methoxy groups -OCH3 is 1. The molecule has 1 N–H and O–H groups in total. The van der Waals surface area contributed by atoms with Gasteiger partial charge in [0.1, 0.15) is 12.0 Å². The van der Waals surface area contributed by atoms with E-state index in [1.165, 1.54) is 0 Å². The Morgan fingerprint density at radius 3 is 2.81 bits per heavy atom. The van der Waals surface area contributed by atoms with Gasteiger partial charge in [-0.05, 0) is 54.1 Å². The highest BCUT2D eigenvalue weighted by Gasteiger charge is 2.43. The van der Waals surface area contributed by atoms with Gasteiger partial charge in [-0.25, -0.2) is 14.4 Å². The molecule has 1 aliphatic carbocycles. The Morgan fingerprint density at radius 1 is 1.33 bits per heavy atom. The molecule has 2 atom stereocenters. The summed E-state index contributed by atoms with van der Waals surface area (Å²) in [5.41, 5.74) is 2.71. The van der Waals surface area contributed by atoms with Crippen molar-refractivity contribution in [3.05, 3.63) is 47.2 Å². The number of pyridine rings is 2. The number of hydrogen-bond acceptors (Lipinski definition) is 4. The summed E-state index contributed by atoms with van der Waals surface area (Å²) in [5.74, 6) is -0.0356. The number of carbonyl (C=O) groups is 1. The van der Waals surface area contributed by atoms with E-state index in [0.717, 1.165) is 27.5 Å². The van der Waals surface area contributed by atoms with Gasteiger partial charge < -0.3 is 10.1 Å². The smallest absolute Gasteiger partial charge is 0.231 e. The van der Waals surface area contributed by atoms with Gasteiger partial charge >= 0.3 is 0 Å². The van der Waals surface area contributed by atoms with Crippen LogP contribution < -0.4 is 10.1 Å². The minimum absolute atomic E-state index is 0.273. The Morgan fingerprint density at radius 2 is 2.11 bits per heavy atom. The molecule has 138 valence electrons. The second-order valence-corrected chi connectivity index (χ2v) is 7.02. The molecule has 1 saturated carbocycles. The van der Waals surface area contributed by atoms with Crippen molar-refractivity contribution in [2.45, 2.75) is 19.5 Å². The molecule has 4 rings (SSSR count). The minimum atomic E-state index is -1.05. The molecule has 0 saturated heterocycles. The average Bonchev–Trinajstić information content (AvgIpc) is 3.38. The van der Waals surface area contributed by atoms with Crippen molar-refractivity contribution in [1.82, 2.24) is 9.97 Å². The Balaban J connectivity index is 1.77. The minimum Gasteiger partial charge on any atom is -0.481 e. The zero-order valence-electron chi connectivity index (χ0n) is 14.8. The number of aryl methyl sites for hydroxylation is 1. The molecule has 1 aliphatic rings. The lowest BCUT2D eigenvalue weighted by molar-refractivity contribution is -0.117. The van der Waals surface area contributed by atoms with Crippen molar-refractivity contribution >= 4 is 34.1 Å². The molecule has 1 fully saturated rings. The van der Waals surface area contributed by atoms with Crippen molar-refractivity contribution in [3.8, 4) is 17.0 Å². The number of aromatic nitrogens is 2. The van der Waals surface area contributed by atoms with Crippen LogP contribution in [0.25, 0.3) is 21.9 Å². The molecule has 3 aromatic rings. The summed E-state index contributed by atoms with van der Waals surface area (Å²) in [6, 6.07) is 7.42. The van der Waals surface area contributed by atoms with Gasteiger partial charge in [-0.15, -0.1) is 0 Å². The SMILES string of the molecule is COc1nccc(C)c1-c1cc(Cl)c2cnc(NC(=O)C3CC3F)cc2c1. The van der Waals surface area contributed by atoms with E-state index in [0.29, 0.717) is 16.7 Å². The predicted octanol–water partition coefficient (Wildman–Crippen LogP) is 4.56. The van der Waals surface area contributed by atoms with Crippen LogP contribution in [0.5, 0.6) is 5.88 Å². The summed E-state index contributed by atoms with van der Waals surface area (Å²) in [6.45, 7) is 1.97. The summed E-state index contributed by atoms with van der Waals surface area (Å²) in [6.07, 6.45) is 2.51. The Kier molecular flexibility index (Phi) is 4.44. The highest BCUT2D eigenvalue weighted by molar-refractivity contribution is 6.36. The van der Waals surface area contributed by atoms with Crippen LogP contribution in [0.4, 0.5) is 10.2 Å². The molecule has 7 heteroatoms. The second-order valence-electron chi connectivity index (χ2n) is 6.61. The molecule has 27 heavy (non-hydrogen) atoms. The zero-order valence-corrected chi connectivity index (χ0v) is 15.5. The fourth-order valence-corrected chi connectivity index (χ4v) is 3.40. The van der Waals surface area contributed by atoms with Crippen LogP contribution in [0.15, 0.2) is 36.7 Å². The molecule has 2 aromatic heterocycles. The molecular weight excluding hydrogens is 369 g/mol. The number of alkyl halides is 1. The molecular formula is C20H17ClFN3O2. The molecule has 0 radical (unpaired) electrons. The topological polar surface area (TPSA) is 64.1 Å². The number of hydrogen-bond donors (Lipinski definition) is 1. The fourth-order valence-electron chi connectivity index (χ4n) is 3.12. The van der Waals surface area contributed by atoms with Crippen LogP contribution in [0, 0.1) is 12.8 Å². The quantitative estimate of drug-likeness (QED) is 0.714. The third-order valence-electron chi connectivity index (χ3n) is 4.69. The van der Waals surface area contributed by atoms with Crippen molar-refractivity contribution in [1.29, 1.82) is 0 Å². The van der Waals surface area contributed by atoms with Crippen molar-refractivity contribution in [2.24, 2.45) is 5.92 Å². The van der Waals surface area contributed by atoms with Crippen molar-refractivity contribution in [2.75, 3.05) is 12.4 Å². The number of halogens is 2. The molecule has 5 nitrogen and oxygen atoms in total. The van der Waals surface area contributed by atoms with E-state index < -0.39 is 12.1 Å². The number of anilines is 1. The molecule has 0 bridgehead atoms. The van der Waals surface area contributed by atoms with Crippen LogP contribution in [0.1, 0.15) is 12.0 Å². The van der Waals surface area contributed by atoms with Gasteiger partial charge in [0.2, 0.25) is 11.8 Å². The number of nitrogens with zero attached hydrogens (tertiary/aromatic N) is 2. The molecule has 0 aliphatic heterocycles. The first-order chi connectivity index (χ1) is 13.0. The van der Waals surface area contributed by atoms with Crippen LogP contribution in [0.2, 0.25) is 5.02 Å². The molecule has 1 aromatic carbocycles. The van der Waals surface area contributed by atoms with E-state index in [1.54, 1.807) is 25.6 Å². The van der Waals surface area contributed by atoms with Crippen LogP contribution in [-0.2, 0) is 4.79 Å². The second kappa shape index (κ2) is 6.78. The average molecular weight is 386 g/mol. The molecule has 1 amide bonds. The van der Waals surface area contributed by atoms with Gasteiger partial charge in [-0.3, -0.25) is 4.79 Å². The van der Waals surface area contributed by atoms with Crippen LogP contribution >= 0.6 is 11.6 Å². The van der Waals surface area contributed by atoms with Crippen molar-refractivity contribution in [3.63, 3.8) is 0 Å². The van der Waals surface area contributed by atoms with Gasteiger partial charge in [0.25, 0.3) is 0 Å². The molecule has 0 spiro atoms. The summed E-state index contributed by atoms with van der Waals surface area (Å²) >= 11 is 6.46. The van der Waals surface area contributed by atoms with Crippen molar-refractivity contribution < 1.29 is 13.9 Å². The van der Waals surface area contributed by atoms with Crippen LogP contribution in [0.3, 0.4) is 0 Å². The maximum Gasteiger partial charge on any atom is 0.231 e. The largest absolute Gasteiger partial charge is 0.481 e. The van der Waals surface area contributed by atoms with E-state index >= 15 is 0 Å². The summed E-state index contributed by atoms with van der Waals surface area (Å²) in [4.78, 5) is 20.4. The highest BCUT2D eigenvalue weighted by Crippen LogP contribution is 2.37. The maximum atomic E-state index is 13.1. The lowest BCUT2D eigenvalue weighted by Crippen LogP contribution is -2.15. The third kappa shape index (κ3) is 3.32. The van der Waals surface area contributed by atoms with Gasteiger partial charge in [0.05, 0.1) is 18.1 Å². The number of carbonyl (C=O) groups excluding carboxylic acids is 1. The number of rotatable bonds is 4.